The SMILES string of the molecule is COC(=O)C1=C(I)C=C=CC=C1CBr. The minimum atomic E-state index is -0.312. The molecule has 0 aromatic heterocycles. The van der Waals surface area contributed by atoms with Gasteiger partial charge in [-0.3, -0.25) is 0 Å². The second-order valence-corrected chi connectivity index (χ2v) is 4.24. The van der Waals surface area contributed by atoms with Crippen molar-refractivity contribution in [1.29, 1.82) is 0 Å². The standard InChI is InChI=1S/C10H8BrIO2/c1-14-10(13)9-7(6-11)4-2-3-5-8(9)12/h2,4-5H,6H2,1H3. The molecule has 0 fully saturated rings. The minimum absolute atomic E-state index is 0.312. The lowest BCUT2D eigenvalue weighted by atomic mass is 10.1. The zero-order valence-electron chi connectivity index (χ0n) is 7.51. The molecule has 2 nitrogen and oxygen atoms in total. The third kappa shape index (κ3) is 2.59. The van der Waals surface area contributed by atoms with Crippen LogP contribution in [0.5, 0.6) is 0 Å². The Morgan fingerprint density at radius 1 is 1.71 bits per heavy atom. The summed E-state index contributed by atoms with van der Waals surface area (Å²) in [6.07, 6.45) is 5.40. The third-order valence-electron chi connectivity index (χ3n) is 1.68. The molecule has 0 saturated heterocycles. The predicted octanol–water partition coefficient (Wildman–Crippen LogP) is 2.89. The monoisotopic (exact) mass is 366 g/mol. The molecule has 0 spiro atoms. The van der Waals surface area contributed by atoms with Crippen molar-refractivity contribution >= 4 is 44.5 Å². The van der Waals surface area contributed by atoms with Gasteiger partial charge >= 0.3 is 5.97 Å². The quantitative estimate of drug-likeness (QED) is 0.325. The van der Waals surface area contributed by atoms with Gasteiger partial charge in [0, 0.05) is 8.91 Å². The van der Waals surface area contributed by atoms with Crippen LogP contribution in [-0.4, -0.2) is 18.4 Å². The molecule has 0 aromatic rings. The molecule has 0 unspecified atom stereocenters. The van der Waals surface area contributed by atoms with E-state index in [-0.39, 0.29) is 5.97 Å². The van der Waals surface area contributed by atoms with Gasteiger partial charge in [0.25, 0.3) is 0 Å². The second-order valence-electron chi connectivity index (χ2n) is 2.52. The van der Waals surface area contributed by atoms with Crippen molar-refractivity contribution in [3.63, 3.8) is 0 Å². The highest BCUT2D eigenvalue weighted by molar-refractivity contribution is 14.1. The predicted molar refractivity (Wildman–Crippen MR) is 67.6 cm³/mol. The molecule has 0 N–H and O–H groups in total. The van der Waals surface area contributed by atoms with Gasteiger partial charge in [-0.2, -0.15) is 0 Å². The van der Waals surface area contributed by atoms with Crippen molar-refractivity contribution in [2.75, 3.05) is 12.4 Å². The number of methoxy groups -OCH3 is 1. The number of hydrogen-bond acceptors (Lipinski definition) is 2. The van der Waals surface area contributed by atoms with E-state index in [9.17, 15) is 4.79 Å². The van der Waals surface area contributed by atoms with Gasteiger partial charge in [-0.1, -0.05) is 15.9 Å². The van der Waals surface area contributed by atoms with Crippen molar-refractivity contribution in [2.45, 2.75) is 0 Å². The van der Waals surface area contributed by atoms with E-state index >= 15 is 0 Å². The van der Waals surface area contributed by atoms with Gasteiger partial charge in [-0.05, 0) is 46.4 Å². The maximum Gasteiger partial charge on any atom is 0.339 e. The summed E-state index contributed by atoms with van der Waals surface area (Å²) < 4.78 is 5.56. The van der Waals surface area contributed by atoms with Crippen LogP contribution in [0.25, 0.3) is 0 Å². The smallest absolute Gasteiger partial charge is 0.339 e. The van der Waals surface area contributed by atoms with Crippen LogP contribution in [0, 0.1) is 0 Å². The maximum absolute atomic E-state index is 11.5. The Kier molecular flexibility index (Phi) is 4.65. The average Bonchev–Trinajstić information content (AvgIpc) is 2.38. The van der Waals surface area contributed by atoms with E-state index in [0.29, 0.717) is 10.9 Å². The van der Waals surface area contributed by atoms with Gasteiger partial charge in [0.15, 0.2) is 0 Å². The first-order valence-corrected chi connectivity index (χ1v) is 6.06. The topological polar surface area (TPSA) is 26.3 Å². The number of carbonyl (C=O) groups is 1. The van der Waals surface area contributed by atoms with E-state index in [1.165, 1.54) is 7.11 Å². The largest absolute Gasteiger partial charge is 0.465 e. The van der Waals surface area contributed by atoms with E-state index in [1.54, 1.807) is 12.2 Å². The van der Waals surface area contributed by atoms with Crippen molar-refractivity contribution in [2.24, 2.45) is 0 Å². The van der Waals surface area contributed by atoms with Gasteiger partial charge in [0.2, 0.25) is 0 Å². The number of carbonyl (C=O) groups excluding carboxylic acids is 1. The van der Waals surface area contributed by atoms with Crippen molar-refractivity contribution in [1.82, 2.24) is 0 Å². The highest BCUT2D eigenvalue weighted by atomic mass is 127. The Labute approximate surface area is 105 Å². The zero-order chi connectivity index (χ0) is 10.6. The number of halogens is 2. The first-order valence-electron chi connectivity index (χ1n) is 3.86. The van der Waals surface area contributed by atoms with Crippen LogP contribution in [0.1, 0.15) is 0 Å². The molecule has 0 bridgehead atoms. The van der Waals surface area contributed by atoms with E-state index in [4.69, 9.17) is 4.74 Å². The van der Waals surface area contributed by atoms with Gasteiger partial charge in [0.05, 0.1) is 12.7 Å². The molecule has 1 aliphatic rings. The number of allylic oxidation sites excluding steroid dienone is 3. The van der Waals surface area contributed by atoms with Gasteiger partial charge in [-0.15, -0.1) is 5.73 Å². The first kappa shape index (κ1) is 11.8. The molecular formula is C10H8BrIO2. The van der Waals surface area contributed by atoms with Crippen LogP contribution < -0.4 is 0 Å². The van der Waals surface area contributed by atoms with Crippen LogP contribution in [0.15, 0.2) is 38.7 Å². The van der Waals surface area contributed by atoms with Crippen molar-refractivity contribution < 1.29 is 9.53 Å². The Balaban J connectivity index is 3.20. The fraction of sp³-hybridized carbons (Fsp3) is 0.200. The minimum Gasteiger partial charge on any atom is -0.465 e. The van der Waals surface area contributed by atoms with Gasteiger partial charge < -0.3 is 4.74 Å². The maximum atomic E-state index is 11.5. The lowest BCUT2D eigenvalue weighted by molar-refractivity contribution is -0.135. The van der Waals surface area contributed by atoms with E-state index in [2.05, 4.69) is 44.3 Å². The van der Waals surface area contributed by atoms with Gasteiger partial charge in [-0.25, -0.2) is 4.79 Å². The molecule has 0 aliphatic heterocycles. The van der Waals surface area contributed by atoms with Crippen molar-refractivity contribution in [3.8, 4) is 0 Å². The number of alkyl halides is 1. The molecule has 0 saturated carbocycles. The van der Waals surface area contributed by atoms with Crippen LogP contribution in [0.3, 0.4) is 0 Å². The second kappa shape index (κ2) is 5.53. The fourth-order valence-electron chi connectivity index (χ4n) is 1.02. The third-order valence-corrected chi connectivity index (χ3v) is 3.14. The Morgan fingerprint density at radius 2 is 2.43 bits per heavy atom. The summed E-state index contributed by atoms with van der Waals surface area (Å²) in [4.78, 5) is 11.5. The summed E-state index contributed by atoms with van der Waals surface area (Å²) in [6.45, 7) is 0. The van der Waals surface area contributed by atoms with E-state index in [1.807, 2.05) is 6.08 Å². The molecule has 0 radical (unpaired) electrons. The van der Waals surface area contributed by atoms with Gasteiger partial charge in [0.1, 0.15) is 0 Å². The van der Waals surface area contributed by atoms with Crippen LogP contribution in [0.2, 0.25) is 0 Å². The van der Waals surface area contributed by atoms with Crippen molar-refractivity contribution in [3.05, 3.63) is 38.7 Å². The summed E-state index contributed by atoms with van der Waals surface area (Å²) in [6, 6.07) is 0. The summed E-state index contributed by atoms with van der Waals surface area (Å²) in [5.74, 6) is -0.312. The average molecular weight is 367 g/mol. The van der Waals surface area contributed by atoms with E-state index in [0.717, 1.165) is 9.15 Å². The van der Waals surface area contributed by atoms with E-state index < -0.39 is 0 Å². The van der Waals surface area contributed by atoms with Crippen LogP contribution in [0.4, 0.5) is 0 Å². The Hall–Kier alpha value is -0.320. The molecule has 0 amide bonds. The van der Waals surface area contributed by atoms with Crippen LogP contribution in [-0.2, 0) is 9.53 Å². The summed E-state index contributed by atoms with van der Waals surface area (Å²) in [5, 5.41) is 0.621. The summed E-state index contributed by atoms with van der Waals surface area (Å²) in [7, 11) is 1.38. The normalized spacial score (nSPS) is 15.2. The zero-order valence-corrected chi connectivity index (χ0v) is 11.3. The molecule has 14 heavy (non-hydrogen) atoms. The number of esters is 1. The molecular weight excluding hydrogens is 359 g/mol. The lowest BCUT2D eigenvalue weighted by Gasteiger charge is -2.07. The molecule has 4 heteroatoms. The Morgan fingerprint density at radius 3 is 3.00 bits per heavy atom. The molecule has 0 atom stereocenters. The fourth-order valence-corrected chi connectivity index (χ4v) is 2.23. The molecule has 0 aromatic carbocycles. The molecule has 0 heterocycles. The lowest BCUT2D eigenvalue weighted by Crippen LogP contribution is -2.09. The molecule has 1 rings (SSSR count). The first-order chi connectivity index (χ1) is 6.70. The number of rotatable bonds is 2. The number of hydrogen-bond donors (Lipinski definition) is 0. The van der Waals surface area contributed by atoms with Crippen LogP contribution >= 0.6 is 38.5 Å². The summed E-state index contributed by atoms with van der Waals surface area (Å²) >= 11 is 5.44. The highest BCUT2D eigenvalue weighted by Gasteiger charge is 2.17. The number of ether oxygens (including phenoxy) is 1. The Bertz CT molecular complexity index is 374. The molecule has 74 valence electrons. The molecule has 1 aliphatic carbocycles. The summed E-state index contributed by atoms with van der Waals surface area (Å²) in [5.41, 5.74) is 4.46. The highest BCUT2D eigenvalue weighted by Crippen LogP contribution is 2.25.